The van der Waals surface area contributed by atoms with E-state index in [0.717, 1.165) is 18.4 Å². The average Bonchev–Trinajstić information content (AvgIpc) is 2.38. The SMILES string of the molecule is N#Cc1cc(F)c(N2CCC(C=O)CC2)c(F)c1. The Bertz CT molecular complexity index is 479. The average molecular weight is 250 g/mol. The number of benzene rings is 1. The monoisotopic (exact) mass is 250 g/mol. The van der Waals surface area contributed by atoms with Gasteiger partial charge in [-0.1, -0.05) is 0 Å². The summed E-state index contributed by atoms with van der Waals surface area (Å²) in [4.78, 5) is 12.2. The van der Waals surface area contributed by atoms with Gasteiger partial charge in [0.05, 0.1) is 11.6 Å². The normalized spacial score (nSPS) is 16.4. The van der Waals surface area contributed by atoms with E-state index in [1.165, 1.54) is 0 Å². The van der Waals surface area contributed by atoms with E-state index in [-0.39, 0.29) is 17.2 Å². The van der Waals surface area contributed by atoms with Crippen LogP contribution in [0.15, 0.2) is 12.1 Å². The maximum absolute atomic E-state index is 13.8. The first-order chi connectivity index (χ1) is 8.65. The molecule has 0 N–H and O–H groups in total. The molecule has 1 saturated heterocycles. The Morgan fingerprint density at radius 1 is 1.28 bits per heavy atom. The van der Waals surface area contributed by atoms with E-state index in [9.17, 15) is 13.6 Å². The van der Waals surface area contributed by atoms with Gasteiger partial charge in [-0.2, -0.15) is 5.26 Å². The molecule has 1 aliphatic rings. The zero-order valence-corrected chi connectivity index (χ0v) is 9.70. The van der Waals surface area contributed by atoms with Crippen molar-refractivity contribution in [2.75, 3.05) is 18.0 Å². The molecule has 1 aliphatic heterocycles. The first-order valence-corrected chi connectivity index (χ1v) is 5.75. The number of carbonyl (C=O) groups excluding carboxylic acids is 1. The number of hydrogen-bond acceptors (Lipinski definition) is 3. The van der Waals surface area contributed by atoms with Gasteiger partial charge >= 0.3 is 0 Å². The van der Waals surface area contributed by atoms with E-state index in [4.69, 9.17) is 5.26 Å². The van der Waals surface area contributed by atoms with Crippen LogP contribution >= 0.6 is 0 Å². The molecule has 0 bridgehead atoms. The molecule has 94 valence electrons. The minimum absolute atomic E-state index is 0.0224. The van der Waals surface area contributed by atoms with Crippen molar-refractivity contribution in [3.63, 3.8) is 0 Å². The van der Waals surface area contributed by atoms with Crippen molar-refractivity contribution >= 4 is 12.0 Å². The first-order valence-electron chi connectivity index (χ1n) is 5.75. The lowest BCUT2D eigenvalue weighted by Gasteiger charge is -2.31. The minimum Gasteiger partial charge on any atom is -0.367 e. The fourth-order valence-electron chi connectivity index (χ4n) is 2.19. The van der Waals surface area contributed by atoms with Crippen LogP contribution in [0.3, 0.4) is 0 Å². The van der Waals surface area contributed by atoms with Gasteiger partial charge < -0.3 is 9.69 Å². The van der Waals surface area contributed by atoms with Crippen molar-refractivity contribution in [3.05, 3.63) is 29.3 Å². The number of carbonyl (C=O) groups is 1. The summed E-state index contributed by atoms with van der Waals surface area (Å²) in [6, 6.07) is 3.77. The van der Waals surface area contributed by atoms with Crippen LogP contribution in [-0.2, 0) is 4.79 Å². The molecule has 2 rings (SSSR count). The number of halogens is 2. The quantitative estimate of drug-likeness (QED) is 0.756. The Morgan fingerprint density at radius 2 is 1.83 bits per heavy atom. The first kappa shape index (κ1) is 12.5. The molecule has 0 spiro atoms. The summed E-state index contributed by atoms with van der Waals surface area (Å²) < 4.78 is 27.5. The number of nitriles is 1. The highest BCUT2D eigenvalue weighted by Crippen LogP contribution is 2.28. The van der Waals surface area contributed by atoms with Gasteiger partial charge in [-0.05, 0) is 25.0 Å². The summed E-state index contributed by atoms with van der Waals surface area (Å²) in [5.74, 6) is -1.47. The number of nitrogens with zero attached hydrogens (tertiary/aromatic N) is 2. The minimum atomic E-state index is -0.726. The van der Waals surface area contributed by atoms with Gasteiger partial charge in [0.25, 0.3) is 0 Å². The molecule has 0 atom stereocenters. The molecule has 1 aromatic rings. The van der Waals surface area contributed by atoms with E-state index in [1.54, 1.807) is 11.0 Å². The summed E-state index contributed by atoms with van der Waals surface area (Å²) in [6.45, 7) is 0.895. The van der Waals surface area contributed by atoms with E-state index >= 15 is 0 Å². The molecule has 0 unspecified atom stereocenters. The third-order valence-electron chi connectivity index (χ3n) is 3.19. The van der Waals surface area contributed by atoms with E-state index in [1.807, 2.05) is 0 Å². The standard InChI is InChI=1S/C13H12F2N2O/c14-11-5-10(7-16)6-12(15)13(11)17-3-1-9(8-18)2-4-17/h5-6,8-9H,1-4H2. The van der Waals surface area contributed by atoms with Gasteiger partial charge in [0.1, 0.15) is 12.0 Å². The van der Waals surface area contributed by atoms with E-state index in [2.05, 4.69) is 0 Å². The van der Waals surface area contributed by atoms with Crippen LogP contribution in [0.2, 0.25) is 0 Å². The second-order valence-electron chi connectivity index (χ2n) is 4.36. The molecule has 1 aromatic carbocycles. The summed E-state index contributed by atoms with van der Waals surface area (Å²) in [5.41, 5.74) is -0.130. The largest absolute Gasteiger partial charge is 0.367 e. The Kier molecular flexibility index (Phi) is 3.56. The van der Waals surface area contributed by atoms with E-state index in [0.29, 0.717) is 25.9 Å². The number of aldehydes is 1. The highest BCUT2D eigenvalue weighted by molar-refractivity contribution is 5.57. The lowest BCUT2D eigenvalue weighted by Crippen LogP contribution is -2.35. The molecule has 0 aromatic heterocycles. The zero-order chi connectivity index (χ0) is 13.1. The number of hydrogen-bond donors (Lipinski definition) is 0. The molecular formula is C13H12F2N2O. The maximum Gasteiger partial charge on any atom is 0.150 e. The van der Waals surface area contributed by atoms with E-state index < -0.39 is 11.6 Å². The highest BCUT2D eigenvalue weighted by Gasteiger charge is 2.23. The molecule has 0 amide bonds. The van der Waals surface area contributed by atoms with Crippen molar-refractivity contribution in [2.45, 2.75) is 12.8 Å². The summed E-state index contributed by atoms with van der Waals surface area (Å²) in [5, 5.41) is 8.62. The zero-order valence-electron chi connectivity index (χ0n) is 9.70. The van der Waals surface area contributed by atoms with Gasteiger partial charge in [-0.25, -0.2) is 8.78 Å². The molecule has 18 heavy (non-hydrogen) atoms. The Morgan fingerprint density at radius 3 is 2.28 bits per heavy atom. The van der Waals surface area contributed by atoms with Crippen molar-refractivity contribution in [1.82, 2.24) is 0 Å². The number of rotatable bonds is 2. The molecule has 0 radical (unpaired) electrons. The van der Waals surface area contributed by atoms with Gasteiger partial charge in [-0.3, -0.25) is 0 Å². The third kappa shape index (κ3) is 2.33. The highest BCUT2D eigenvalue weighted by atomic mass is 19.1. The fraction of sp³-hybridized carbons (Fsp3) is 0.385. The smallest absolute Gasteiger partial charge is 0.150 e. The fourth-order valence-corrected chi connectivity index (χ4v) is 2.19. The van der Waals surface area contributed by atoms with Crippen molar-refractivity contribution in [3.8, 4) is 6.07 Å². The molecule has 3 nitrogen and oxygen atoms in total. The summed E-state index contributed by atoms with van der Waals surface area (Å²) in [7, 11) is 0. The Balaban J connectivity index is 2.25. The maximum atomic E-state index is 13.8. The van der Waals surface area contributed by atoms with Crippen LogP contribution < -0.4 is 4.90 Å². The van der Waals surface area contributed by atoms with Crippen LogP contribution in [0, 0.1) is 28.9 Å². The molecule has 0 saturated carbocycles. The molecular weight excluding hydrogens is 238 g/mol. The predicted octanol–water partition coefficient (Wildman–Crippen LogP) is 2.25. The van der Waals surface area contributed by atoms with Gasteiger partial charge in [0.2, 0.25) is 0 Å². The van der Waals surface area contributed by atoms with Crippen LogP contribution in [0.25, 0.3) is 0 Å². The van der Waals surface area contributed by atoms with Crippen molar-refractivity contribution < 1.29 is 13.6 Å². The van der Waals surface area contributed by atoms with Gasteiger partial charge in [-0.15, -0.1) is 0 Å². The lowest BCUT2D eigenvalue weighted by molar-refractivity contribution is -0.111. The molecule has 5 heteroatoms. The predicted molar refractivity (Wildman–Crippen MR) is 62.1 cm³/mol. The van der Waals surface area contributed by atoms with Gasteiger partial charge in [0.15, 0.2) is 11.6 Å². The Labute approximate surface area is 104 Å². The Hall–Kier alpha value is -1.96. The van der Waals surface area contributed by atoms with Crippen molar-refractivity contribution in [1.29, 1.82) is 5.26 Å². The van der Waals surface area contributed by atoms with Crippen LogP contribution in [0.5, 0.6) is 0 Å². The summed E-state index contributed by atoms with van der Waals surface area (Å²) >= 11 is 0. The van der Waals surface area contributed by atoms with Gasteiger partial charge in [0, 0.05) is 19.0 Å². The second-order valence-corrected chi connectivity index (χ2v) is 4.36. The van der Waals surface area contributed by atoms with Crippen LogP contribution in [-0.4, -0.2) is 19.4 Å². The van der Waals surface area contributed by atoms with Crippen LogP contribution in [0.4, 0.5) is 14.5 Å². The van der Waals surface area contributed by atoms with Crippen molar-refractivity contribution in [2.24, 2.45) is 5.92 Å². The number of piperidine rings is 1. The lowest BCUT2D eigenvalue weighted by atomic mass is 9.98. The molecule has 1 fully saturated rings. The third-order valence-corrected chi connectivity index (χ3v) is 3.19. The molecule has 0 aliphatic carbocycles. The second kappa shape index (κ2) is 5.13. The number of anilines is 1. The molecule has 1 heterocycles. The van der Waals surface area contributed by atoms with Crippen LogP contribution in [0.1, 0.15) is 18.4 Å². The topological polar surface area (TPSA) is 44.1 Å². The summed E-state index contributed by atoms with van der Waals surface area (Å²) in [6.07, 6.45) is 2.09.